The summed E-state index contributed by atoms with van der Waals surface area (Å²) in [5, 5.41) is 2.57. The number of imidazole rings is 1. The van der Waals surface area contributed by atoms with E-state index in [4.69, 9.17) is 0 Å². The molecule has 0 saturated carbocycles. The van der Waals surface area contributed by atoms with Gasteiger partial charge in [0.1, 0.15) is 0 Å². The molecule has 7 heteroatoms. The molecule has 0 aliphatic carbocycles. The molecule has 0 unspecified atom stereocenters. The van der Waals surface area contributed by atoms with Crippen LogP contribution in [-0.4, -0.2) is 51.2 Å². The van der Waals surface area contributed by atoms with Crippen molar-refractivity contribution >= 4 is 17.5 Å². The lowest BCUT2D eigenvalue weighted by Gasteiger charge is -2.14. The molecule has 2 aromatic heterocycles. The van der Waals surface area contributed by atoms with Gasteiger partial charge in [-0.3, -0.25) is 9.59 Å². The fourth-order valence-electron chi connectivity index (χ4n) is 1.75. The number of rotatable bonds is 4. The van der Waals surface area contributed by atoms with E-state index in [0.29, 0.717) is 12.2 Å². The van der Waals surface area contributed by atoms with Crippen molar-refractivity contribution in [3.63, 3.8) is 0 Å². The van der Waals surface area contributed by atoms with Crippen LogP contribution in [0.1, 0.15) is 23.1 Å². The van der Waals surface area contributed by atoms with Crippen LogP contribution in [-0.2, 0) is 4.79 Å². The Bertz CT molecular complexity index is 649. The van der Waals surface area contributed by atoms with E-state index < -0.39 is 5.91 Å². The van der Waals surface area contributed by atoms with Gasteiger partial charge in [0, 0.05) is 32.2 Å². The number of aromatic nitrogens is 3. The molecule has 0 radical (unpaired) electrons. The van der Waals surface area contributed by atoms with Crippen LogP contribution >= 0.6 is 0 Å². The highest BCUT2D eigenvalue weighted by atomic mass is 16.2. The Kier molecular flexibility index (Phi) is 3.97. The number of nitrogens with zero attached hydrogens (tertiary/aromatic N) is 4. The molecule has 7 nitrogen and oxygen atoms in total. The lowest BCUT2D eigenvalue weighted by Crippen LogP contribution is -2.38. The van der Waals surface area contributed by atoms with Crippen molar-refractivity contribution in [2.24, 2.45) is 0 Å². The zero-order chi connectivity index (χ0) is 14.7. The number of aryl methyl sites for hydroxylation is 1. The van der Waals surface area contributed by atoms with Gasteiger partial charge in [-0.15, -0.1) is 0 Å². The molecule has 1 N–H and O–H groups in total. The van der Waals surface area contributed by atoms with Crippen LogP contribution < -0.4 is 5.32 Å². The lowest BCUT2D eigenvalue weighted by atomic mass is 10.4. The van der Waals surface area contributed by atoms with Gasteiger partial charge in [0.15, 0.2) is 11.3 Å². The first kappa shape index (κ1) is 14.0. The molecule has 0 atom stereocenters. The second-order valence-corrected chi connectivity index (χ2v) is 4.48. The monoisotopic (exact) mass is 275 g/mol. The summed E-state index contributed by atoms with van der Waals surface area (Å²) in [5.74, 6) is -0.550. The van der Waals surface area contributed by atoms with Crippen molar-refractivity contribution in [1.82, 2.24) is 24.6 Å². The van der Waals surface area contributed by atoms with E-state index in [9.17, 15) is 9.59 Å². The summed E-state index contributed by atoms with van der Waals surface area (Å²) < 4.78 is 1.73. The van der Waals surface area contributed by atoms with Crippen molar-refractivity contribution in [2.45, 2.75) is 13.8 Å². The average Bonchev–Trinajstić information content (AvgIpc) is 2.83. The first-order valence-corrected chi connectivity index (χ1v) is 6.35. The molecule has 106 valence electrons. The van der Waals surface area contributed by atoms with E-state index in [1.807, 2.05) is 20.0 Å². The van der Waals surface area contributed by atoms with E-state index in [0.717, 1.165) is 5.69 Å². The first-order chi connectivity index (χ1) is 9.52. The zero-order valence-corrected chi connectivity index (χ0v) is 11.8. The van der Waals surface area contributed by atoms with Gasteiger partial charge in [0.05, 0.1) is 12.2 Å². The number of carbonyl (C=O) groups is 2. The minimum Gasteiger partial charge on any atom is -0.345 e. The van der Waals surface area contributed by atoms with E-state index in [2.05, 4.69) is 15.3 Å². The Morgan fingerprint density at radius 2 is 2.20 bits per heavy atom. The van der Waals surface area contributed by atoms with Crippen molar-refractivity contribution in [3.8, 4) is 0 Å². The third-order valence-corrected chi connectivity index (χ3v) is 3.01. The fraction of sp³-hybridized carbons (Fsp3) is 0.385. The average molecular weight is 275 g/mol. The van der Waals surface area contributed by atoms with Crippen LogP contribution in [0.2, 0.25) is 0 Å². The van der Waals surface area contributed by atoms with Crippen molar-refractivity contribution in [1.29, 1.82) is 0 Å². The molecule has 2 amide bonds. The topological polar surface area (TPSA) is 79.6 Å². The molecule has 2 aromatic rings. The quantitative estimate of drug-likeness (QED) is 0.867. The third kappa shape index (κ3) is 2.76. The highest BCUT2D eigenvalue weighted by Gasteiger charge is 2.15. The van der Waals surface area contributed by atoms with E-state index in [1.165, 1.54) is 11.1 Å². The van der Waals surface area contributed by atoms with Crippen LogP contribution in [0.25, 0.3) is 5.65 Å². The number of nitrogens with one attached hydrogen (secondary N) is 1. The maximum absolute atomic E-state index is 12.1. The van der Waals surface area contributed by atoms with E-state index in [-0.39, 0.29) is 18.1 Å². The summed E-state index contributed by atoms with van der Waals surface area (Å²) in [6, 6.07) is 0. The molecular formula is C13H17N5O2. The number of hydrogen-bond donors (Lipinski definition) is 1. The van der Waals surface area contributed by atoms with Gasteiger partial charge in [-0.2, -0.15) is 0 Å². The summed E-state index contributed by atoms with van der Waals surface area (Å²) in [7, 11) is 1.69. The summed E-state index contributed by atoms with van der Waals surface area (Å²) >= 11 is 0. The minimum absolute atomic E-state index is 0.0500. The molecule has 0 bridgehead atoms. The number of amides is 2. The second-order valence-electron chi connectivity index (χ2n) is 4.48. The maximum atomic E-state index is 12.1. The molecule has 0 fully saturated rings. The van der Waals surface area contributed by atoms with E-state index >= 15 is 0 Å². The van der Waals surface area contributed by atoms with Crippen molar-refractivity contribution in [2.75, 3.05) is 20.1 Å². The molecule has 0 spiro atoms. The smallest absolute Gasteiger partial charge is 0.274 e. The fourth-order valence-corrected chi connectivity index (χ4v) is 1.75. The predicted octanol–water partition coefficient (Wildman–Crippen LogP) is 0.246. The molecule has 20 heavy (non-hydrogen) atoms. The van der Waals surface area contributed by atoms with Gasteiger partial charge in [-0.1, -0.05) is 0 Å². The SMILES string of the molecule is CCN(C)C(=O)CNC(=O)c1nccn2cc(C)nc12. The Balaban J connectivity index is 2.14. The Labute approximate surface area is 116 Å². The highest BCUT2D eigenvalue weighted by molar-refractivity contribution is 5.99. The molecule has 0 aromatic carbocycles. The lowest BCUT2D eigenvalue weighted by molar-refractivity contribution is -0.128. The summed E-state index contributed by atoms with van der Waals surface area (Å²) in [4.78, 5) is 33.6. The highest BCUT2D eigenvalue weighted by Crippen LogP contribution is 2.07. The van der Waals surface area contributed by atoms with Crippen LogP contribution in [0.15, 0.2) is 18.6 Å². The zero-order valence-electron chi connectivity index (χ0n) is 11.8. The summed E-state index contributed by atoms with van der Waals surface area (Å²) in [6.45, 7) is 4.26. The second kappa shape index (κ2) is 5.68. The van der Waals surface area contributed by atoms with Gasteiger partial charge in [-0.25, -0.2) is 9.97 Å². The van der Waals surface area contributed by atoms with Crippen LogP contribution in [0.3, 0.4) is 0 Å². The molecule has 2 rings (SSSR count). The summed E-state index contributed by atoms with van der Waals surface area (Å²) in [6.07, 6.45) is 5.06. The number of fused-ring (bicyclic) bond motifs is 1. The van der Waals surface area contributed by atoms with Crippen LogP contribution in [0.5, 0.6) is 0 Å². The van der Waals surface area contributed by atoms with Gasteiger partial charge < -0.3 is 14.6 Å². The standard InChI is InChI=1S/C13H17N5O2/c1-4-17(3)10(19)7-15-13(20)11-12-16-9(2)8-18(12)6-5-14-11/h5-6,8H,4,7H2,1-3H3,(H,15,20). The maximum Gasteiger partial charge on any atom is 0.274 e. The Morgan fingerprint density at radius 3 is 2.90 bits per heavy atom. The summed E-state index contributed by atoms with van der Waals surface area (Å²) in [5.41, 5.74) is 1.50. The number of likely N-dealkylation sites (N-methyl/N-ethyl adjacent to an activating group) is 1. The van der Waals surface area contributed by atoms with Crippen LogP contribution in [0, 0.1) is 6.92 Å². The predicted molar refractivity (Wildman–Crippen MR) is 73.4 cm³/mol. The van der Waals surface area contributed by atoms with Gasteiger partial charge >= 0.3 is 0 Å². The van der Waals surface area contributed by atoms with E-state index in [1.54, 1.807) is 17.6 Å². The van der Waals surface area contributed by atoms with Gasteiger partial charge in [0.25, 0.3) is 5.91 Å². The van der Waals surface area contributed by atoms with Gasteiger partial charge in [-0.05, 0) is 13.8 Å². The molecule has 0 aliphatic heterocycles. The van der Waals surface area contributed by atoms with Gasteiger partial charge in [0.2, 0.25) is 5.91 Å². The minimum atomic E-state index is -0.404. The number of carbonyl (C=O) groups excluding carboxylic acids is 2. The molecule has 0 aliphatic rings. The first-order valence-electron chi connectivity index (χ1n) is 6.35. The molecule has 0 saturated heterocycles. The third-order valence-electron chi connectivity index (χ3n) is 3.01. The van der Waals surface area contributed by atoms with Crippen LogP contribution in [0.4, 0.5) is 0 Å². The van der Waals surface area contributed by atoms with Crippen molar-refractivity contribution < 1.29 is 9.59 Å². The molecular weight excluding hydrogens is 258 g/mol. The normalized spacial score (nSPS) is 10.6. The largest absolute Gasteiger partial charge is 0.345 e. The molecule has 2 heterocycles. The number of hydrogen-bond acceptors (Lipinski definition) is 4. The Morgan fingerprint density at radius 1 is 1.45 bits per heavy atom. The Hall–Kier alpha value is -2.44. The van der Waals surface area contributed by atoms with Crippen molar-refractivity contribution in [3.05, 3.63) is 30.0 Å².